The average Bonchev–Trinajstić information content (AvgIpc) is 3.06. The minimum Gasteiger partial charge on any atom is -0.456 e. The molecule has 4 nitrogen and oxygen atoms in total. The standard InChI is InChI=1S/C21H11ClFN3O/c22-21-25-19(12-5-3-6-13(23)11-12)24-20(26-21)15-8-4-10-17-18(15)14-7-1-2-9-16(14)27-17/h1-11H. The van der Waals surface area contributed by atoms with Crippen molar-refractivity contribution < 1.29 is 8.81 Å². The summed E-state index contributed by atoms with van der Waals surface area (Å²) in [5.41, 5.74) is 2.83. The number of halogens is 2. The van der Waals surface area contributed by atoms with Crippen LogP contribution in [0.5, 0.6) is 0 Å². The molecular formula is C21H11ClFN3O. The molecule has 0 unspecified atom stereocenters. The molecule has 6 heteroatoms. The van der Waals surface area contributed by atoms with Crippen molar-refractivity contribution in [2.45, 2.75) is 0 Å². The van der Waals surface area contributed by atoms with Crippen molar-refractivity contribution in [3.05, 3.63) is 77.8 Å². The average molecular weight is 376 g/mol. The van der Waals surface area contributed by atoms with Gasteiger partial charge in [-0.05, 0) is 35.9 Å². The second-order valence-corrected chi connectivity index (χ2v) is 6.38. The summed E-state index contributed by atoms with van der Waals surface area (Å²) in [6.07, 6.45) is 0. The van der Waals surface area contributed by atoms with Gasteiger partial charge in [-0.2, -0.15) is 9.97 Å². The Balaban J connectivity index is 1.78. The van der Waals surface area contributed by atoms with Crippen LogP contribution < -0.4 is 0 Å². The summed E-state index contributed by atoms with van der Waals surface area (Å²) in [7, 11) is 0. The number of para-hydroxylation sites is 1. The van der Waals surface area contributed by atoms with Crippen LogP contribution in [-0.4, -0.2) is 15.0 Å². The Hall–Kier alpha value is -3.31. The lowest BCUT2D eigenvalue weighted by atomic mass is 10.1. The molecule has 0 atom stereocenters. The molecule has 27 heavy (non-hydrogen) atoms. The molecule has 0 spiro atoms. The van der Waals surface area contributed by atoms with Gasteiger partial charge in [0, 0.05) is 21.9 Å². The molecule has 5 rings (SSSR count). The number of rotatable bonds is 2. The number of hydrogen-bond donors (Lipinski definition) is 0. The third-order valence-corrected chi connectivity index (χ3v) is 4.50. The van der Waals surface area contributed by atoms with Gasteiger partial charge in [0.1, 0.15) is 17.0 Å². The van der Waals surface area contributed by atoms with Crippen molar-refractivity contribution in [3.8, 4) is 22.8 Å². The van der Waals surface area contributed by atoms with E-state index in [1.807, 2.05) is 42.5 Å². The largest absolute Gasteiger partial charge is 0.456 e. The van der Waals surface area contributed by atoms with Gasteiger partial charge in [-0.25, -0.2) is 9.37 Å². The van der Waals surface area contributed by atoms with Crippen LogP contribution in [0.1, 0.15) is 0 Å². The molecular weight excluding hydrogens is 365 g/mol. The van der Waals surface area contributed by atoms with Crippen molar-refractivity contribution in [2.24, 2.45) is 0 Å². The van der Waals surface area contributed by atoms with Crippen LogP contribution in [0.4, 0.5) is 4.39 Å². The SMILES string of the molecule is Fc1cccc(-c2nc(Cl)nc(-c3cccc4oc5ccccc5c34)n2)c1. The molecule has 0 bridgehead atoms. The van der Waals surface area contributed by atoms with Gasteiger partial charge in [0.25, 0.3) is 0 Å². The monoisotopic (exact) mass is 375 g/mol. The van der Waals surface area contributed by atoms with Crippen LogP contribution in [-0.2, 0) is 0 Å². The number of furan rings is 1. The lowest BCUT2D eigenvalue weighted by molar-refractivity contribution is 0.628. The highest BCUT2D eigenvalue weighted by Crippen LogP contribution is 2.35. The second-order valence-electron chi connectivity index (χ2n) is 6.04. The summed E-state index contributed by atoms with van der Waals surface area (Å²) in [4.78, 5) is 13.0. The minimum absolute atomic E-state index is 0.0454. The van der Waals surface area contributed by atoms with Crippen LogP contribution in [0.3, 0.4) is 0 Å². The molecule has 5 aromatic rings. The first-order valence-corrected chi connectivity index (χ1v) is 8.65. The molecule has 0 saturated carbocycles. The predicted octanol–water partition coefficient (Wildman–Crippen LogP) is 5.90. The Morgan fingerprint density at radius 1 is 0.778 bits per heavy atom. The second kappa shape index (κ2) is 6.14. The lowest BCUT2D eigenvalue weighted by Gasteiger charge is -2.06. The minimum atomic E-state index is -0.367. The highest BCUT2D eigenvalue weighted by Gasteiger charge is 2.16. The van der Waals surface area contributed by atoms with Crippen molar-refractivity contribution in [1.82, 2.24) is 15.0 Å². The Labute approximate surface area is 158 Å². The molecule has 0 saturated heterocycles. The van der Waals surface area contributed by atoms with E-state index < -0.39 is 0 Å². The molecule has 0 fully saturated rings. The van der Waals surface area contributed by atoms with Crippen LogP contribution in [0.15, 0.2) is 71.1 Å². The van der Waals surface area contributed by atoms with E-state index in [2.05, 4.69) is 15.0 Å². The van der Waals surface area contributed by atoms with E-state index in [4.69, 9.17) is 16.0 Å². The van der Waals surface area contributed by atoms with E-state index in [0.29, 0.717) is 17.2 Å². The number of fused-ring (bicyclic) bond motifs is 3. The van der Waals surface area contributed by atoms with Gasteiger partial charge in [-0.15, -0.1) is 0 Å². The van der Waals surface area contributed by atoms with Gasteiger partial charge in [-0.3, -0.25) is 0 Å². The van der Waals surface area contributed by atoms with E-state index in [1.165, 1.54) is 12.1 Å². The molecule has 2 aromatic heterocycles. The quantitative estimate of drug-likeness (QED) is 0.385. The van der Waals surface area contributed by atoms with Crippen LogP contribution in [0.2, 0.25) is 5.28 Å². The summed E-state index contributed by atoms with van der Waals surface area (Å²) in [6, 6.07) is 19.5. The van der Waals surface area contributed by atoms with Crippen LogP contribution >= 0.6 is 11.6 Å². The summed E-state index contributed by atoms with van der Waals surface area (Å²) in [6.45, 7) is 0. The van der Waals surface area contributed by atoms with Crippen molar-refractivity contribution in [2.75, 3.05) is 0 Å². The summed E-state index contributed by atoms with van der Waals surface area (Å²) >= 11 is 6.15. The molecule has 0 amide bonds. The van der Waals surface area contributed by atoms with Gasteiger partial charge in [0.05, 0.1) is 0 Å². The van der Waals surface area contributed by atoms with Gasteiger partial charge >= 0.3 is 0 Å². The topological polar surface area (TPSA) is 51.8 Å². The first-order chi connectivity index (χ1) is 13.2. The molecule has 0 radical (unpaired) electrons. The highest BCUT2D eigenvalue weighted by molar-refractivity contribution is 6.28. The summed E-state index contributed by atoms with van der Waals surface area (Å²) < 4.78 is 19.5. The molecule has 0 N–H and O–H groups in total. The summed E-state index contributed by atoms with van der Waals surface area (Å²) in [5, 5.41) is 1.91. The Bertz CT molecular complexity index is 1320. The maximum Gasteiger partial charge on any atom is 0.226 e. The van der Waals surface area contributed by atoms with Gasteiger partial charge in [0.15, 0.2) is 11.6 Å². The van der Waals surface area contributed by atoms with Crippen LogP contribution in [0.25, 0.3) is 44.7 Å². The van der Waals surface area contributed by atoms with Crippen molar-refractivity contribution in [1.29, 1.82) is 0 Å². The third-order valence-electron chi connectivity index (χ3n) is 4.33. The van der Waals surface area contributed by atoms with Gasteiger partial charge in [0.2, 0.25) is 5.28 Å². The predicted molar refractivity (Wildman–Crippen MR) is 103 cm³/mol. The number of benzene rings is 3. The molecule has 130 valence electrons. The van der Waals surface area contributed by atoms with Crippen molar-refractivity contribution >= 4 is 33.5 Å². The van der Waals surface area contributed by atoms with Gasteiger partial charge in [-0.1, -0.05) is 42.5 Å². The summed E-state index contributed by atoms with van der Waals surface area (Å²) in [5.74, 6) is 0.356. The maximum absolute atomic E-state index is 13.6. The number of hydrogen-bond acceptors (Lipinski definition) is 4. The maximum atomic E-state index is 13.6. The van der Waals surface area contributed by atoms with Crippen molar-refractivity contribution in [3.63, 3.8) is 0 Å². The molecule has 0 aliphatic rings. The molecule has 0 aliphatic carbocycles. The normalized spacial score (nSPS) is 11.3. The Morgan fingerprint density at radius 3 is 2.44 bits per heavy atom. The Kier molecular flexibility index (Phi) is 3.62. The fraction of sp³-hybridized carbons (Fsp3) is 0. The van der Waals surface area contributed by atoms with Gasteiger partial charge < -0.3 is 4.42 Å². The first-order valence-electron chi connectivity index (χ1n) is 8.27. The fourth-order valence-corrected chi connectivity index (χ4v) is 3.35. The van der Waals surface area contributed by atoms with E-state index in [9.17, 15) is 4.39 Å². The van der Waals surface area contributed by atoms with Crippen LogP contribution in [0, 0.1) is 5.82 Å². The molecule has 2 heterocycles. The highest BCUT2D eigenvalue weighted by atomic mass is 35.5. The molecule has 0 aliphatic heterocycles. The van der Waals surface area contributed by atoms with E-state index in [-0.39, 0.29) is 11.1 Å². The molecule has 3 aromatic carbocycles. The Morgan fingerprint density at radius 2 is 1.56 bits per heavy atom. The third kappa shape index (κ3) is 2.73. The number of nitrogens with zero attached hydrogens (tertiary/aromatic N) is 3. The number of aromatic nitrogens is 3. The first kappa shape index (κ1) is 15.9. The zero-order valence-corrected chi connectivity index (χ0v) is 14.6. The van der Waals surface area contributed by atoms with E-state index in [0.717, 1.165) is 27.5 Å². The van der Waals surface area contributed by atoms with E-state index in [1.54, 1.807) is 12.1 Å². The lowest BCUT2D eigenvalue weighted by Crippen LogP contribution is -1.97. The van der Waals surface area contributed by atoms with E-state index >= 15 is 0 Å². The smallest absolute Gasteiger partial charge is 0.226 e. The fourth-order valence-electron chi connectivity index (χ4n) is 3.19. The zero-order chi connectivity index (χ0) is 18.4. The zero-order valence-electron chi connectivity index (χ0n) is 13.9.